The van der Waals surface area contributed by atoms with Crippen molar-refractivity contribution in [2.45, 2.75) is 6.04 Å². The lowest BCUT2D eigenvalue weighted by Crippen LogP contribution is -2.38. The third-order valence-corrected chi connectivity index (χ3v) is 3.48. The quantitative estimate of drug-likeness (QED) is 0.828. The first kappa shape index (κ1) is 13.2. The fourth-order valence-corrected chi connectivity index (χ4v) is 2.36. The molecule has 1 aromatic heterocycles. The Kier molecular flexibility index (Phi) is 4.92. The van der Waals surface area contributed by atoms with Gasteiger partial charge in [0.25, 0.3) is 0 Å². The van der Waals surface area contributed by atoms with E-state index >= 15 is 0 Å². The lowest BCUT2D eigenvalue weighted by molar-refractivity contribution is -0.130. The molecule has 0 bridgehead atoms. The van der Waals surface area contributed by atoms with Gasteiger partial charge in [-0.1, -0.05) is 6.07 Å². The third kappa shape index (κ3) is 3.30. The van der Waals surface area contributed by atoms with Crippen LogP contribution in [0.25, 0.3) is 0 Å². The Bertz CT molecular complexity index is 324. The smallest absolute Gasteiger partial charge is 0.236 e. The molecule has 0 saturated heterocycles. The van der Waals surface area contributed by atoms with Crippen LogP contribution in [0.1, 0.15) is 10.9 Å². The Morgan fingerprint density at radius 2 is 2.19 bits per heavy atom. The lowest BCUT2D eigenvalue weighted by Gasteiger charge is -2.26. The minimum Gasteiger partial charge on any atom is -0.348 e. The van der Waals surface area contributed by atoms with Crippen LogP contribution in [0.3, 0.4) is 0 Å². The van der Waals surface area contributed by atoms with Gasteiger partial charge in [-0.3, -0.25) is 9.69 Å². The SMILES string of the molecule is CN(C)C(=O)CN(C)C(CN)c1cccs1. The molecule has 1 amide bonds. The summed E-state index contributed by atoms with van der Waals surface area (Å²) in [6, 6.07) is 4.19. The second-order valence-electron chi connectivity index (χ2n) is 3.97. The number of amides is 1. The molecule has 0 spiro atoms. The lowest BCUT2D eigenvalue weighted by atomic mass is 10.2. The van der Waals surface area contributed by atoms with Gasteiger partial charge in [-0.2, -0.15) is 0 Å². The largest absolute Gasteiger partial charge is 0.348 e. The molecule has 0 aliphatic rings. The van der Waals surface area contributed by atoms with E-state index in [0.717, 1.165) is 0 Å². The van der Waals surface area contributed by atoms with Crippen molar-refractivity contribution in [2.75, 3.05) is 34.2 Å². The number of rotatable bonds is 5. The van der Waals surface area contributed by atoms with Crippen LogP contribution >= 0.6 is 11.3 Å². The number of nitrogens with two attached hydrogens (primary N) is 1. The van der Waals surface area contributed by atoms with E-state index in [1.54, 1.807) is 30.3 Å². The van der Waals surface area contributed by atoms with Crippen LogP contribution < -0.4 is 5.73 Å². The predicted octanol–water partition coefficient (Wildman–Crippen LogP) is 0.768. The van der Waals surface area contributed by atoms with E-state index in [0.29, 0.717) is 13.1 Å². The van der Waals surface area contributed by atoms with E-state index in [4.69, 9.17) is 5.73 Å². The molecule has 1 unspecified atom stereocenters. The van der Waals surface area contributed by atoms with E-state index in [1.807, 2.05) is 23.4 Å². The molecule has 16 heavy (non-hydrogen) atoms. The van der Waals surface area contributed by atoms with Gasteiger partial charge in [0.05, 0.1) is 12.6 Å². The highest BCUT2D eigenvalue weighted by Gasteiger charge is 2.19. The first-order valence-electron chi connectivity index (χ1n) is 5.20. The number of carbonyl (C=O) groups excluding carboxylic acids is 1. The Hall–Kier alpha value is -0.910. The summed E-state index contributed by atoms with van der Waals surface area (Å²) in [5.41, 5.74) is 5.76. The highest BCUT2D eigenvalue weighted by Crippen LogP contribution is 2.22. The van der Waals surface area contributed by atoms with E-state index in [2.05, 4.69) is 6.07 Å². The van der Waals surface area contributed by atoms with E-state index < -0.39 is 0 Å². The topological polar surface area (TPSA) is 49.6 Å². The van der Waals surface area contributed by atoms with Crippen molar-refractivity contribution in [1.29, 1.82) is 0 Å². The molecule has 0 aliphatic heterocycles. The fourth-order valence-electron chi connectivity index (χ4n) is 1.46. The Morgan fingerprint density at radius 3 is 2.62 bits per heavy atom. The zero-order valence-electron chi connectivity index (χ0n) is 10.0. The van der Waals surface area contributed by atoms with Crippen molar-refractivity contribution in [3.63, 3.8) is 0 Å². The molecule has 1 atom stereocenters. The molecule has 5 heteroatoms. The van der Waals surface area contributed by atoms with Crippen molar-refractivity contribution < 1.29 is 4.79 Å². The van der Waals surface area contributed by atoms with Crippen molar-refractivity contribution in [3.8, 4) is 0 Å². The van der Waals surface area contributed by atoms with Gasteiger partial charge in [0, 0.05) is 25.5 Å². The minimum absolute atomic E-state index is 0.0949. The van der Waals surface area contributed by atoms with Gasteiger partial charge < -0.3 is 10.6 Å². The summed E-state index contributed by atoms with van der Waals surface area (Å²) in [5, 5.41) is 2.03. The van der Waals surface area contributed by atoms with Crippen LogP contribution in [-0.4, -0.2) is 49.9 Å². The number of carbonyl (C=O) groups is 1. The number of thiophene rings is 1. The highest BCUT2D eigenvalue weighted by molar-refractivity contribution is 7.10. The molecular formula is C11H19N3OS. The third-order valence-electron chi connectivity index (χ3n) is 2.51. The molecule has 1 heterocycles. The van der Waals surface area contributed by atoms with Gasteiger partial charge in [0.15, 0.2) is 0 Å². The molecule has 0 fully saturated rings. The van der Waals surface area contributed by atoms with Crippen LogP contribution in [0.2, 0.25) is 0 Å². The predicted molar refractivity (Wildman–Crippen MR) is 67.4 cm³/mol. The number of nitrogens with zero attached hydrogens (tertiary/aromatic N) is 2. The Balaban J connectivity index is 2.64. The van der Waals surface area contributed by atoms with Crippen LogP contribution in [0.15, 0.2) is 17.5 Å². The molecular weight excluding hydrogens is 222 g/mol. The van der Waals surface area contributed by atoms with E-state index in [9.17, 15) is 4.79 Å². The molecule has 0 saturated carbocycles. The summed E-state index contributed by atoms with van der Waals surface area (Å²) in [5.74, 6) is 0.0949. The van der Waals surface area contributed by atoms with Gasteiger partial charge in [-0.15, -0.1) is 11.3 Å². The van der Waals surface area contributed by atoms with Crippen LogP contribution in [-0.2, 0) is 4.79 Å². The Morgan fingerprint density at radius 1 is 1.50 bits per heavy atom. The highest BCUT2D eigenvalue weighted by atomic mass is 32.1. The molecule has 0 aromatic carbocycles. The maximum atomic E-state index is 11.6. The molecule has 4 nitrogen and oxygen atoms in total. The molecule has 0 aliphatic carbocycles. The maximum Gasteiger partial charge on any atom is 0.236 e. The van der Waals surface area contributed by atoms with Crippen LogP contribution in [0.5, 0.6) is 0 Å². The molecule has 1 aromatic rings. The second kappa shape index (κ2) is 5.98. The first-order valence-corrected chi connectivity index (χ1v) is 6.08. The van der Waals surface area contributed by atoms with Gasteiger partial charge in [-0.05, 0) is 18.5 Å². The van der Waals surface area contributed by atoms with Crippen LogP contribution in [0, 0.1) is 0 Å². The summed E-state index contributed by atoms with van der Waals surface area (Å²) in [6.07, 6.45) is 0. The van der Waals surface area contributed by atoms with Crippen molar-refractivity contribution in [2.24, 2.45) is 5.73 Å². The number of hydrogen-bond donors (Lipinski definition) is 1. The first-order chi connectivity index (χ1) is 7.56. The molecule has 90 valence electrons. The monoisotopic (exact) mass is 241 g/mol. The molecule has 2 N–H and O–H groups in total. The van der Waals surface area contributed by atoms with Crippen molar-refractivity contribution in [3.05, 3.63) is 22.4 Å². The second-order valence-corrected chi connectivity index (χ2v) is 4.95. The van der Waals surface area contributed by atoms with Gasteiger partial charge in [-0.25, -0.2) is 0 Å². The Labute approximate surface area is 101 Å². The van der Waals surface area contributed by atoms with E-state index in [1.165, 1.54) is 4.88 Å². The van der Waals surface area contributed by atoms with Gasteiger partial charge >= 0.3 is 0 Å². The average Bonchev–Trinajstić information content (AvgIpc) is 2.72. The summed E-state index contributed by atoms with van der Waals surface area (Å²) < 4.78 is 0. The van der Waals surface area contributed by atoms with Gasteiger partial charge in [0.2, 0.25) is 5.91 Å². The number of hydrogen-bond acceptors (Lipinski definition) is 4. The molecule has 0 radical (unpaired) electrons. The van der Waals surface area contributed by atoms with Gasteiger partial charge in [0.1, 0.15) is 0 Å². The summed E-state index contributed by atoms with van der Waals surface area (Å²) in [6.45, 7) is 0.921. The molecule has 1 rings (SSSR count). The average molecular weight is 241 g/mol. The standard InChI is InChI=1S/C11H19N3OS/c1-13(2)11(15)8-14(3)9(7-12)10-5-4-6-16-10/h4-6,9H,7-8,12H2,1-3H3. The summed E-state index contributed by atoms with van der Waals surface area (Å²) in [4.78, 5) is 16.4. The maximum absolute atomic E-state index is 11.6. The zero-order valence-corrected chi connectivity index (χ0v) is 10.8. The van der Waals surface area contributed by atoms with Crippen molar-refractivity contribution in [1.82, 2.24) is 9.80 Å². The van der Waals surface area contributed by atoms with E-state index in [-0.39, 0.29) is 11.9 Å². The zero-order chi connectivity index (χ0) is 12.1. The number of likely N-dealkylation sites (N-methyl/N-ethyl adjacent to an activating group) is 2. The van der Waals surface area contributed by atoms with Crippen LogP contribution in [0.4, 0.5) is 0 Å². The fraction of sp³-hybridized carbons (Fsp3) is 0.545. The minimum atomic E-state index is 0.0949. The van der Waals surface area contributed by atoms with Crippen molar-refractivity contribution >= 4 is 17.2 Å². The summed E-state index contributed by atoms with van der Waals surface area (Å²) in [7, 11) is 5.45. The summed E-state index contributed by atoms with van der Waals surface area (Å²) >= 11 is 1.67. The normalized spacial score (nSPS) is 12.8.